The number of aromatic nitrogens is 2. The maximum absolute atomic E-state index is 4.73. The van der Waals surface area contributed by atoms with Crippen LogP contribution < -0.4 is 10.6 Å². The molecule has 2 aromatic carbocycles. The van der Waals surface area contributed by atoms with Gasteiger partial charge < -0.3 is 15.2 Å². The van der Waals surface area contributed by atoms with Crippen LogP contribution in [0.15, 0.2) is 78.0 Å². The summed E-state index contributed by atoms with van der Waals surface area (Å²) in [6.07, 6.45) is 3.85. The molecule has 0 spiro atoms. The number of benzene rings is 2. The summed E-state index contributed by atoms with van der Waals surface area (Å²) in [4.78, 5) is 9.22. The summed E-state index contributed by atoms with van der Waals surface area (Å²) in [5, 5.41) is 6.78. The smallest absolute Gasteiger partial charge is 0.191 e. The number of aliphatic imine (C=N–C) groups is 1. The number of rotatable bonds is 8. The van der Waals surface area contributed by atoms with Gasteiger partial charge in [-0.2, -0.15) is 0 Å². The summed E-state index contributed by atoms with van der Waals surface area (Å²) in [6, 6.07) is 21.0. The molecule has 1 unspecified atom stereocenters. The number of hydrogen-bond acceptors (Lipinski definition) is 2. The highest BCUT2D eigenvalue weighted by molar-refractivity contribution is 5.79. The molecule has 0 fully saturated rings. The molecule has 28 heavy (non-hydrogen) atoms. The lowest BCUT2D eigenvalue weighted by Crippen LogP contribution is -2.39. The normalized spacial score (nSPS) is 12.6. The first-order chi connectivity index (χ1) is 13.8. The van der Waals surface area contributed by atoms with E-state index in [-0.39, 0.29) is 0 Å². The van der Waals surface area contributed by atoms with Crippen molar-refractivity contribution in [3.63, 3.8) is 0 Å². The summed E-state index contributed by atoms with van der Waals surface area (Å²) < 4.78 is 2.15. The van der Waals surface area contributed by atoms with Crippen LogP contribution in [0.4, 0.5) is 0 Å². The van der Waals surface area contributed by atoms with Gasteiger partial charge in [0.15, 0.2) is 5.96 Å². The molecule has 0 radical (unpaired) electrons. The Morgan fingerprint density at radius 1 is 1.04 bits per heavy atom. The second-order valence-electron chi connectivity index (χ2n) is 6.84. The molecule has 0 aliphatic rings. The molecule has 0 saturated carbocycles. The van der Waals surface area contributed by atoms with Gasteiger partial charge in [-0.1, -0.05) is 67.6 Å². The fraction of sp³-hybridized carbons (Fsp3) is 0.304. The number of imidazole rings is 1. The van der Waals surface area contributed by atoms with E-state index < -0.39 is 0 Å². The van der Waals surface area contributed by atoms with Crippen molar-refractivity contribution in [2.75, 3.05) is 13.1 Å². The summed E-state index contributed by atoms with van der Waals surface area (Å²) in [5.74, 6) is 2.18. The highest BCUT2D eigenvalue weighted by Gasteiger charge is 2.07. The molecule has 0 bridgehead atoms. The minimum absolute atomic E-state index is 0.408. The molecule has 1 aromatic heterocycles. The number of hydrogen-bond donors (Lipinski definition) is 2. The molecule has 0 saturated heterocycles. The van der Waals surface area contributed by atoms with Gasteiger partial charge in [-0.15, -0.1) is 0 Å². The summed E-state index contributed by atoms with van der Waals surface area (Å²) >= 11 is 0. The van der Waals surface area contributed by atoms with Crippen molar-refractivity contribution < 1.29 is 0 Å². The van der Waals surface area contributed by atoms with Gasteiger partial charge in [-0.3, -0.25) is 0 Å². The van der Waals surface area contributed by atoms with Crippen molar-refractivity contribution in [1.29, 1.82) is 0 Å². The topological polar surface area (TPSA) is 54.2 Å². The predicted molar refractivity (Wildman–Crippen MR) is 115 cm³/mol. The number of nitrogens with zero attached hydrogens (tertiary/aromatic N) is 3. The predicted octanol–water partition coefficient (Wildman–Crippen LogP) is 3.79. The van der Waals surface area contributed by atoms with Crippen molar-refractivity contribution in [2.24, 2.45) is 4.99 Å². The Kier molecular flexibility index (Phi) is 7.24. The van der Waals surface area contributed by atoms with Crippen LogP contribution >= 0.6 is 0 Å². The lowest BCUT2D eigenvalue weighted by atomic mass is 10.0. The van der Waals surface area contributed by atoms with E-state index in [1.807, 2.05) is 24.5 Å². The van der Waals surface area contributed by atoms with Gasteiger partial charge in [0, 0.05) is 32.0 Å². The van der Waals surface area contributed by atoms with Gasteiger partial charge in [0.05, 0.1) is 0 Å². The molecular formula is C23H29N5. The molecule has 0 amide bonds. The third-order valence-electron chi connectivity index (χ3n) is 4.66. The SMILES string of the molecule is CCNC(=NCc1nccn1Cc1ccccc1)NCC(C)c1ccccc1. The molecule has 3 rings (SSSR count). The highest BCUT2D eigenvalue weighted by atomic mass is 15.2. The third kappa shape index (κ3) is 5.71. The van der Waals surface area contributed by atoms with Gasteiger partial charge in [-0.25, -0.2) is 9.98 Å². The first-order valence-electron chi connectivity index (χ1n) is 9.87. The van der Waals surface area contributed by atoms with Crippen LogP contribution in [0.1, 0.15) is 36.7 Å². The minimum atomic E-state index is 0.408. The van der Waals surface area contributed by atoms with Crippen LogP contribution in [0.5, 0.6) is 0 Å². The van der Waals surface area contributed by atoms with Gasteiger partial charge >= 0.3 is 0 Å². The average molecular weight is 376 g/mol. The first-order valence-corrected chi connectivity index (χ1v) is 9.87. The Bertz CT molecular complexity index is 855. The number of guanidine groups is 1. The van der Waals surface area contributed by atoms with E-state index in [1.165, 1.54) is 11.1 Å². The lowest BCUT2D eigenvalue weighted by molar-refractivity contribution is 0.690. The standard InChI is InChI=1S/C23H29N5/c1-3-24-23(26-16-19(2)21-12-8-5-9-13-21)27-17-22-25-14-15-28(22)18-20-10-6-4-7-11-20/h4-15,19H,3,16-18H2,1-2H3,(H2,24,26,27). The van der Waals surface area contributed by atoms with Crippen LogP contribution in [0.3, 0.4) is 0 Å². The Morgan fingerprint density at radius 3 is 2.46 bits per heavy atom. The molecule has 0 aliphatic carbocycles. The van der Waals surface area contributed by atoms with Gasteiger partial charge in [0.25, 0.3) is 0 Å². The molecule has 5 heteroatoms. The molecule has 1 heterocycles. The van der Waals surface area contributed by atoms with Crippen LogP contribution in [-0.4, -0.2) is 28.6 Å². The van der Waals surface area contributed by atoms with Gasteiger partial charge in [-0.05, 0) is 24.0 Å². The van der Waals surface area contributed by atoms with Gasteiger partial charge in [0.2, 0.25) is 0 Å². The second-order valence-corrected chi connectivity index (χ2v) is 6.84. The minimum Gasteiger partial charge on any atom is -0.357 e. The average Bonchev–Trinajstić information content (AvgIpc) is 3.18. The van der Waals surface area contributed by atoms with Gasteiger partial charge in [0.1, 0.15) is 12.4 Å². The van der Waals surface area contributed by atoms with E-state index in [9.17, 15) is 0 Å². The van der Waals surface area contributed by atoms with E-state index in [2.05, 4.69) is 82.6 Å². The molecule has 2 N–H and O–H groups in total. The maximum Gasteiger partial charge on any atom is 0.191 e. The van der Waals surface area contributed by atoms with Crippen LogP contribution in [-0.2, 0) is 13.1 Å². The van der Waals surface area contributed by atoms with Crippen molar-refractivity contribution >= 4 is 5.96 Å². The summed E-state index contributed by atoms with van der Waals surface area (Å²) in [7, 11) is 0. The molecular weight excluding hydrogens is 346 g/mol. The van der Waals surface area contributed by atoms with E-state index >= 15 is 0 Å². The van der Waals surface area contributed by atoms with Crippen LogP contribution in [0, 0.1) is 0 Å². The lowest BCUT2D eigenvalue weighted by Gasteiger charge is -2.16. The highest BCUT2D eigenvalue weighted by Crippen LogP contribution is 2.13. The fourth-order valence-corrected chi connectivity index (χ4v) is 3.06. The quantitative estimate of drug-likeness (QED) is 0.465. The number of nitrogens with one attached hydrogen (secondary N) is 2. The van der Waals surface area contributed by atoms with E-state index in [0.29, 0.717) is 12.5 Å². The fourth-order valence-electron chi connectivity index (χ4n) is 3.06. The van der Waals surface area contributed by atoms with Crippen molar-refractivity contribution in [3.05, 3.63) is 90.0 Å². The molecule has 1 atom stereocenters. The van der Waals surface area contributed by atoms with E-state index in [0.717, 1.165) is 31.4 Å². The monoisotopic (exact) mass is 375 g/mol. The van der Waals surface area contributed by atoms with E-state index in [4.69, 9.17) is 4.99 Å². The largest absolute Gasteiger partial charge is 0.357 e. The first kappa shape index (κ1) is 19.7. The van der Waals surface area contributed by atoms with Crippen LogP contribution in [0.25, 0.3) is 0 Å². The Labute approximate surface area is 167 Å². The zero-order valence-electron chi connectivity index (χ0n) is 16.7. The van der Waals surface area contributed by atoms with Crippen LogP contribution in [0.2, 0.25) is 0 Å². The summed E-state index contributed by atoms with van der Waals surface area (Å²) in [6.45, 7) is 7.29. The molecule has 3 aromatic rings. The summed E-state index contributed by atoms with van der Waals surface area (Å²) in [5.41, 5.74) is 2.58. The Morgan fingerprint density at radius 2 is 1.75 bits per heavy atom. The van der Waals surface area contributed by atoms with Crippen molar-refractivity contribution in [2.45, 2.75) is 32.9 Å². The second kappa shape index (κ2) is 10.3. The molecule has 5 nitrogen and oxygen atoms in total. The zero-order valence-corrected chi connectivity index (χ0v) is 16.7. The van der Waals surface area contributed by atoms with E-state index in [1.54, 1.807) is 0 Å². The molecule has 146 valence electrons. The Balaban J connectivity index is 1.61. The van der Waals surface area contributed by atoms with Crippen molar-refractivity contribution in [3.8, 4) is 0 Å². The third-order valence-corrected chi connectivity index (χ3v) is 4.66. The zero-order chi connectivity index (χ0) is 19.6. The van der Waals surface area contributed by atoms with Crippen molar-refractivity contribution in [1.82, 2.24) is 20.2 Å². The Hall–Kier alpha value is -3.08. The molecule has 0 aliphatic heterocycles. The maximum atomic E-state index is 4.73.